The molecule has 1 unspecified atom stereocenters. The van der Waals surface area contributed by atoms with Crippen LogP contribution in [0.3, 0.4) is 0 Å². The van der Waals surface area contributed by atoms with Crippen molar-refractivity contribution in [2.24, 2.45) is 0 Å². The summed E-state index contributed by atoms with van der Waals surface area (Å²) < 4.78 is 0. The molecule has 6 nitrogen and oxygen atoms in total. The molecule has 0 bridgehead atoms. The van der Waals surface area contributed by atoms with E-state index in [1.807, 2.05) is 6.92 Å². The van der Waals surface area contributed by atoms with Crippen molar-refractivity contribution in [2.75, 3.05) is 6.54 Å². The highest BCUT2D eigenvalue weighted by Crippen LogP contribution is 2.12. The van der Waals surface area contributed by atoms with Crippen molar-refractivity contribution in [3.05, 3.63) is 12.7 Å². The number of nitrogens with one attached hydrogen (secondary N) is 1. The molecule has 0 spiro atoms. The Hall–Kier alpha value is -1.85. The maximum Gasteiger partial charge on any atom is 0.290 e. The van der Waals surface area contributed by atoms with E-state index < -0.39 is 0 Å². The molecule has 0 aromatic heterocycles. The van der Waals surface area contributed by atoms with Gasteiger partial charge in [0.15, 0.2) is 0 Å². The Labute approximate surface area is 107 Å². The van der Waals surface area contributed by atoms with Crippen molar-refractivity contribution in [1.82, 2.24) is 10.2 Å². The molecule has 0 aliphatic carbocycles. The fourth-order valence-corrected chi connectivity index (χ4v) is 1.76. The number of carbonyl (C=O) groups is 3. The quantitative estimate of drug-likeness (QED) is 0.576. The zero-order valence-corrected chi connectivity index (χ0v) is 10.6. The van der Waals surface area contributed by atoms with Crippen LogP contribution in [0.1, 0.15) is 32.6 Å². The average Bonchev–Trinajstić information content (AvgIpc) is 2.54. The first-order valence-corrected chi connectivity index (χ1v) is 5.87. The Morgan fingerprint density at radius 3 is 2.67 bits per heavy atom. The summed E-state index contributed by atoms with van der Waals surface area (Å²) in [6.07, 6.45) is 4.63. The third kappa shape index (κ3) is 6.03. The van der Waals surface area contributed by atoms with Gasteiger partial charge < -0.3 is 15.3 Å². The van der Waals surface area contributed by atoms with Gasteiger partial charge in [-0.25, -0.2) is 0 Å². The molecule has 0 saturated carbocycles. The van der Waals surface area contributed by atoms with Crippen LogP contribution in [-0.2, 0) is 14.4 Å². The monoisotopic (exact) mass is 256 g/mol. The van der Waals surface area contributed by atoms with Crippen molar-refractivity contribution in [3.8, 4) is 0 Å². The van der Waals surface area contributed by atoms with Crippen molar-refractivity contribution in [1.29, 1.82) is 0 Å². The number of hydrogen-bond donors (Lipinski definition) is 2. The molecule has 18 heavy (non-hydrogen) atoms. The van der Waals surface area contributed by atoms with Crippen LogP contribution in [0, 0.1) is 0 Å². The molecule has 102 valence electrons. The van der Waals surface area contributed by atoms with Gasteiger partial charge in [-0.2, -0.15) is 0 Å². The van der Waals surface area contributed by atoms with E-state index in [4.69, 9.17) is 9.90 Å². The van der Waals surface area contributed by atoms with E-state index >= 15 is 0 Å². The molecule has 0 radical (unpaired) electrons. The standard InChI is InChI=1S/C11H18N2O2.CH2O2/c1-3-10(14)12-9(2)13-8-6-4-5-7-11(13)15;2-1-3/h3,9H,1,4-8H2,2H3,(H,12,14);1H,(H,2,3). The first-order chi connectivity index (χ1) is 8.56. The smallest absolute Gasteiger partial charge is 0.290 e. The van der Waals surface area contributed by atoms with Gasteiger partial charge in [-0.05, 0) is 25.8 Å². The van der Waals surface area contributed by atoms with E-state index in [9.17, 15) is 9.59 Å². The van der Waals surface area contributed by atoms with E-state index in [-0.39, 0.29) is 24.5 Å². The molecular weight excluding hydrogens is 236 g/mol. The topological polar surface area (TPSA) is 86.7 Å². The average molecular weight is 256 g/mol. The predicted octanol–water partition coefficient (Wildman–Crippen LogP) is 0.738. The lowest BCUT2D eigenvalue weighted by molar-refractivity contribution is -0.134. The van der Waals surface area contributed by atoms with Gasteiger partial charge in [-0.3, -0.25) is 14.4 Å². The minimum atomic E-state index is -0.250. The van der Waals surface area contributed by atoms with E-state index in [1.54, 1.807) is 4.90 Å². The Morgan fingerprint density at radius 1 is 1.50 bits per heavy atom. The summed E-state index contributed by atoms with van der Waals surface area (Å²) in [5.74, 6) is -0.107. The summed E-state index contributed by atoms with van der Waals surface area (Å²) in [7, 11) is 0. The molecule has 1 heterocycles. The second-order valence-corrected chi connectivity index (χ2v) is 3.89. The van der Waals surface area contributed by atoms with Crippen molar-refractivity contribution in [3.63, 3.8) is 0 Å². The number of rotatable bonds is 3. The summed E-state index contributed by atoms with van der Waals surface area (Å²) in [6, 6.07) is 0. The molecule has 1 fully saturated rings. The lowest BCUT2D eigenvalue weighted by Crippen LogP contribution is -2.48. The van der Waals surface area contributed by atoms with E-state index in [0.717, 1.165) is 25.8 Å². The largest absolute Gasteiger partial charge is 0.483 e. The molecule has 2 amide bonds. The summed E-state index contributed by atoms with van der Waals surface area (Å²) in [5.41, 5.74) is 0. The second kappa shape index (κ2) is 9.21. The van der Waals surface area contributed by atoms with Crippen LogP contribution in [0.25, 0.3) is 0 Å². The first kappa shape index (κ1) is 16.1. The van der Waals surface area contributed by atoms with Gasteiger partial charge in [0, 0.05) is 13.0 Å². The van der Waals surface area contributed by atoms with E-state index in [1.165, 1.54) is 6.08 Å². The highest BCUT2D eigenvalue weighted by molar-refractivity contribution is 5.87. The summed E-state index contributed by atoms with van der Waals surface area (Å²) in [4.78, 5) is 32.9. The Morgan fingerprint density at radius 2 is 2.11 bits per heavy atom. The second-order valence-electron chi connectivity index (χ2n) is 3.89. The molecule has 1 rings (SSSR count). The summed E-state index contributed by atoms with van der Waals surface area (Å²) >= 11 is 0. The zero-order chi connectivity index (χ0) is 14.0. The van der Waals surface area contributed by atoms with Crippen LogP contribution >= 0.6 is 0 Å². The molecule has 0 aromatic rings. The molecule has 2 N–H and O–H groups in total. The maximum absolute atomic E-state index is 11.7. The molecule has 0 aromatic carbocycles. The van der Waals surface area contributed by atoms with Crippen molar-refractivity contribution in [2.45, 2.75) is 38.8 Å². The normalized spacial score (nSPS) is 16.7. The summed E-state index contributed by atoms with van der Waals surface area (Å²) in [6.45, 7) is 5.69. The Bertz CT molecular complexity index is 304. The highest BCUT2D eigenvalue weighted by Gasteiger charge is 2.22. The molecule has 6 heteroatoms. The molecule has 1 aliphatic rings. The van der Waals surface area contributed by atoms with E-state index in [0.29, 0.717) is 6.42 Å². The fourth-order valence-electron chi connectivity index (χ4n) is 1.76. The lowest BCUT2D eigenvalue weighted by atomic mass is 10.2. The number of likely N-dealkylation sites (tertiary alicyclic amines) is 1. The van der Waals surface area contributed by atoms with Gasteiger partial charge in [0.2, 0.25) is 11.8 Å². The van der Waals surface area contributed by atoms with Gasteiger partial charge in [-0.1, -0.05) is 13.0 Å². The van der Waals surface area contributed by atoms with Gasteiger partial charge in [0.05, 0.1) is 0 Å². The Kier molecular flexibility index (Phi) is 8.26. The van der Waals surface area contributed by atoms with Gasteiger partial charge >= 0.3 is 0 Å². The van der Waals surface area contributed by atoms with E-state index in [2.05, 4.69) is 11.9 Å². The van der Waals surface area contributed by atoms with Crippen LogP contribution < -0.4 is 5.32 Å². The van der Waals surface area contributed by atoms with Gasteiger partial charge in [0.1, 0.15) is 6.17 Å². The van der Waals surface area contributed by atoms with Crippen LogP contribution in [0.5, 0.6) is 0 Å². The molecule has 1 saturated heterocycles. The predicted molar refractivity (Wildman–Crippen MR) is 66.7 cm³/mol. The number of carboxylic acid groups (broad SMARTS) is 1. The van der Waals surface area contributed by atoms with Crippen LogP contribution in [0.4, 0.5) is 0 Å². The number of amides is 2. The first-order valence-electron chi connectivity index (χ1n) is 5.87. The molecule has 1 aliphatic heterocycles. The number of hydrogen-bond acceptors (Lipinski definition) is 3. The number of nitrogens with zero attached hydrogens (tertiary/aromatic N) is 1. The van der Waals surface area contributed by atoms with Crippen LogP contribution in [0.15, 0.2) is 12.7 Å². The minimum Gasteiger partial charge on any atom is -0.483 e. The SMILES string of the molecule is C=CC(=O)NC(C)N1CCCCCC1=O.O=CO. The van der Waals surface area contributed by atoms with Gasteiger partial charge in [-0.15, -0.1) is 0 Å². The third-order valence-corrected chi connectivity index (χ3v) is 2.61. The third-order valence-electron chi connectivity index (χ3n) is 2.61. The van der Waals surface area contributed by atoms with Gasteiger partial charge in [0.25, 0.3) is 6.47 Å². The fraction of sp³-hybridized carbons (Fsp3) is 0.583. The van der Waals surface area contributed by atoms with Crippen molar-refractivity contribution >= 4 is 18.3 Å². The summed E-state index contributed by atoms with van der Waals surface area (Å²) in [5, 5.41) is 9.59. The lowest BCUT2D eigenvalue weighted by Gasteiger charge is -2.28. The number of carbonyl (C=O) groups excluding carboxylic acids is 2. The Balaban J connectivity index is 0.000000873. The minimum absolute atomic E-state index is 0.129. The van der Waals surface area contributed by atoms with Crippen LogP contribution in [-0.4, -0.2) is 41.0 Å². The van der Waals surface area contributed by atoms with Crippen molar-refractivity contribution < 1.29 is 19.5 Å². The van der Waals surface area contributed by atoms with Crippen LogP contribution in [0.2, 0.25) is 0 Å². The highest BCUT2D eigenvalue weighted by atomic mass is 16.3. The maximum atomic E-state index is 11.7. The zero-order valence-electron chi connectivity index (χ0n) is 10.6. The molecular formula is C12H20N2O4. The molecule has 1 atom stereocenters.